The van der Waals surface area contributed by atoms with Crippen molar-refractivity contribution in [2.24, 2.45) is 0 Å². The van der Waals surface area contributed by atoms with Gasteiger partial charge in [0.25, 0.3) is 11.8 Å². The average molecular weight is 417 g/mol. The Hall–Kier alpha value is -2.98. The number of nitrogens with one attached hydrogen (secondary N) is 1. The molecule has 28 heavy (non-hydrogen) atoms. The van der Waals surface area contributed by atoms with E-state index in [1.165, 1.54) is 23.1 Å². The van der Waals surface area contributed by atoms with E-state index >= 15 is 0 Å². The summed E-state index contributed by atoms with van der Waals surface area (Å²) in [4.78, 5) is 41.2. The van der Waals surface area contributed by atoms with Crippen molar-refractivity contribution >= 4 is 40.9 Å². The summed E-state index contributed by atoms with van der Waals surface area (Å²) in [6.45, 7) is 1.16. The number of amides is 2. The molecule has 0 aliphatic carbocycles. The van der Waals surface area contributed by atoms with E-state index < -0.39 is 24.4 Å². The smallest absolute Gasteiger partial charge is 0.339 e. The normalized spacial score (nSPS) is 10.5. The first kappa shape index (κ1) is 19.8. The van der Waals surface area contributed by atoms with Crippen LogP contribution in [0, 0.1) is 6.92 Å². The lowest BCUT2D eigenvalue weighted by molar-refractivity contribution is -0.123. The number of aryl methyl sites for hydroxylation is 1. The molecule has 0 saturated carbocycles. The molecule has 0 unspecified atom stereocenters. The molecule has 0 radical (unpaired) electrons. The second kappa shape index (κ2) is 9.29. The highest BCUT2D eigenvalue weighted by molar-refractivity contribution is 7.98. The standard InChI is InChI=1S/C18H15N3O5S2/c1-11-19-16(26-21-11)10-28-13-6-3-2-5-12(13)18(24)25-9-15(22)20-17(23)14-7-4-8-27-14/h2-8H,9-10H2,1H3,(H,20,22,23). The third-order valence-electron chi connectivity index (χ3n) is 3.36. The maximum absolute atomic E-state index is 12.4. The number of nitrogens with zero attached hydrogens (tertiary/aromatic N) is 2. The second-order valence-corrected chi connectivity index (χ2v) is 7.42. The van der Waals surface area contributed by atoms with Crippen molar-refractivity contribution in [1.82, 2.24) is 15.5 Å². The van der Waals surface area contributed by atoms with Gasteiger partial charge in [0.15, 0.2) is 12.4 Å². The lowest BCUT2D eigenvalue weighted by Crippen LogP contribution is -2.33. The number of carbonyl (C=O) groups excluding carboxylic acids is 3. The fourth-order valence-electron chi connectivity index (χ4n) is 2.14. The molecule has 0 spiro atoms. The number of imide groups is 1. The maximum atomic E-state index is 12.4. The zero-order valence-electron chi connectivity index (χ0n) is 14.7. The Balaban J connectivity index is 1.55. The minimum atomic E-state index is -0.696. The van der Waals surface area contributed by atoms with Gasteiger partial charge in [0, 0.05) is 4.90 Å². The number of hydrogen-bond acceptors (Lipinski definition) is 9. The van der Waals surface area contributed by atoms with Gasteiger partial charge in [0.1, 0.15) is 0 Å². The van der Waals surface area contributed by atoms with Gasteiger partial charge in [0.05, 0.1) is 16.2 Å². The van der Waals surface area contributed by atoms with Crippen LogP contribution in [0.1, 0.15) is 31.7 Å². The minimum absolute atomic E-state index is 0.307. The van der Waals surface area contributed by atoms with Crippen LogP contribution in [0.4, 0.5) is 0 Å². The Morgan fingerprint density at radius 3 is 2.75 bits per heavy atom. The molecule has 2 amide bonds. The van der Waals surface area contributed by atoms with E-state index in [-0.39, 0.29) is 0 Å². The van der Waals surface area contributed by atoms with E-state index in [1.54, 1.807) is 48.7 Å². The zero-order valence-corrected chi connectivity index (χ0v) is 16.3. The van der Waals surface area contributed by atoms with Crippen LogP contribution in [-0.4, -0.2) is 34.5 Å². The predicted molar refractivity (Wildman–Crippen MR) is 102 cm³/mol. The third-order valence-corrected chi connectivity index (χ3v) is 5.29. The van der Waals surface area contributed by atoms with E-state index in [2.05, 4.69) is 15.5 Å². The maximum Gasteiger partial charge on any atom is 0.339 e. The highest BCUT2D eigenvalue weighted by Crippen LogP contribution is 2.26. The van der Waals surface area contributed by atoms with E-state index in [0.29, 0.717) is 32.8 Å². The highest BCUT2D eigenvalue weighted by Gasteiger charge is 2.17. The van der Waals surface area contributed by atoms with Crippen LogP contribution in [-0.2, 0) is 15.3 Å². The lowest BCUT2D eigenvalue weighted by atomic mass is 10.2. The van der Waals surface area contributed by atoms with Crippen molar-refractivity contribution in [2.45, 2.75) is 17.6 Å². The quantitative estimate of drug-likeness (QED) is 0.461. The Labute approximate surface area is 168 Å². The van der Waals surface area contributed by atoms with Crippen molar-refractivity contribution in [1.29, 1.82) is 0 Å². The number of carbonyl (C=O) groups is 3. The number of thioether (sulfide) groups is 1. The molecule has 1 N–H and O–H groups in total. The van der Waals surface area contributed by atoms with E-state index in [0.717, 1.165) is 0 Å². The monoisotopic (exact) mass is 417 g/mol. The minimum Gasteiger partial charge on any atom is -0.452 e. The molecule has 0 bridgehead atoms. The molecule has 0 aliphatic rings. The molecule has 0 fully saturated rings. The lowest BCUT2D eigenvalue weighted by Gasteiger charge is -2.08. The summed E-state index contributed by atoms with van der Waals surface area (Å²) >= 11 is 2.54. The van der Waals surface area contributed by atoms with Crippen molar-refractivity contribution in [3.8, 4) is 0 Å². The highest BCUT2D eigenvalue weighted by atomic mass is 32.2. The topological polar surface area (TPSA) is 111 Å². The number of esters is 1. The van der Waals surface area contributed by atoms with Crippen molar-refractivity contribution < 1.29 is 23.6 Å². The molecule has 0 atom stereocenters. The molecular formula is C18H15N3O5S2. The Morgan fingerprint density at radius 1 is 1.21 bits per heavy atom. The van der Waals surface area contributed by atoms with Crippen LogP contribution in [0.5, 0.6) is 0 Å². The van der Waals surface area contributed by atoms with E-state index in [9.17, 15) is 14.4 Å². The van der Waals surface area contributed by atoms with Crippen molar-refractivity contribution in [2.75, 3.05) is 6.61 Å². The Kier molecular flexibility index (Phi) is 6.56. The van der Waals surface area contributed by atoms with Crippen molar-refractivity contribution in [3.63, 3.8) is 0 Å². The summed E-state index contributed by atoms with van der Waals surface area (Å²) in [5.41, 5.74) is 0.307. The number of aromatic nitrogens is 2. The molecular weight excluding hydrogens is 402 g/mol. The van der Waals surface area contributed by atoms with Crippen LogP contribution in [0.15, 0.2) is 51.2 Å². The van der Waals surface area contributed by atoms with Gasteiger partial charge in [-0.15, -0.1) is 23.1 Å². The largest absolute Gasteiger partial charge is 0.452 e. The Bertz CT molecular complexity index is 985. The number of benzene rings is 1. The molecule has 0 aliphatic heterocycles. The van der Waals surface area contributed by atoms with Crippen LogP contribution in [0.2, 0.25) is 0 Å². The average Bonchev–Trinajstić information content (AvgIpc) is 3.36. The molecule has 2 heterocycles. The number of ether oxygens (including phenoxy) is 1. The number of hydrogen-bond donors (Lipinski definition) is 1. The van der Waals surface area contributed by atoms with Gasteiger partial charge in [-0.25, -0.2) is 4.79 Å². The molecule has 10 heteroatoms. The van der Waals surface area contributed by atoms with Gasteiger partial charge in [-0.05, 0) is 30.5 Å². The van der Waals surface area contributed by atoms with Gasteiger partial charge < -0.3 is 9.26 Å². The van der Waals surface area contributed by atoms with Gasteiger partial charge in [-0.2, -0.15) is 4.98 Å². The first-order valence-electron chi connectivity index (χ1n) is 8.09. The summed E-state index contributed by atoms with van der Waals surface area (Å²) in [6.07, 6.45) is 0. The molecule has 0 saturated heterocycles. The molecule has 3 aromatic rings. The fourth-order valence-corrected chi connectivity index (χ4v) is 3.64. The number of rotatable bonds is 7. The number of thiophene rings is 1. The van der Waals surface area contributed by atoms with Gasteiger partial charge in [0.2, 0.25) is 5.89 Å². The van der Waals surface area contributed by atoms with Crippen LogP contribution >= 0.6 is 23.1 Å². The SMILES string of the molecule is Cc1noc(CSc2ccccc2C(=O)OCC(=O)NC(=O)c2cccs2)n1. The van der Waals surface area contributed by atoms with Gasteiger partial charge >= 0.3 is 5.97 Å². The summed E-state index contributed by atoms with van der Waals surface area (Å²) in [5, 5.41) is 7.62. The van der Waals surface area contributed by atoms with Gasteiger partial charge in [-0.3, -0.25) is 14.9 Å². The summed E-state index contributed by atoms with van der Waals surface area (Å²) in [5.74, 6) is -0.520. The van der Waals surface area contributed by atoms with Crippen molar-refractivity contribution in [3.05, 3.63) is 63.9 Å². The van der Waals surface area contributed by atoms with Crippen LogP contribution < -0.4 is 5.32 Å². The summed E-state index contributed by atoms with van der Waals surface area (Å²) < 4.78 is 10.1. The van der Waals surface area contributed by atoms with Crippen LogP contribution in [0.25, 0.3) is 0 Å². The molecule has 3 rings (SSSR count). The van der Waals surface area contributed by atoms with Crippen LogP contribution in [0.3, 0.4) is 0 Å². The van der Waals surface area contributed by atoms with Gasteiger partial charge in [-0.1, -0.05) is 23.4 Å². The van der Waals surface area contributed by atoms with E-state index in [4.69, 9.17) is 9.26 Å². The first-order chi connectivity index (χ1) is 13.5. The summed E-state index contributed by atoms with van der Waals surface area (Å²) in [6, 6.07) is 10.1. The fraction of sp³-hybridized carbons (Fsp3) is 0.167. The third kappa shape index (κ3) is 5.27. The first-order valence-corrected chi connectivity index (χ1v) is 9.95. The molecule has 8 nitrogen and oxygen atoms in total. The molecule has 144 valence electrons. The van der Waals surface area contributed by atoms with E-state index in [1.807, 2.05) is 0 Å². The molecule has 2 aromatic heterocycles. The second-order valence-electron chi connectivity index (χ2n) is 5.45. The molecule has 1 aromatic carbocycles. The zero-order chi connectivity index (χ0) is 19.9. The Morgan fingerprint density at radius 2 is 2.04 bits per heavy atom. The predicted octanol–water partition coefficient (Wildman–Crippen LogP) is 2.85. The summed E-state index contributed by atoms with van der Waals surface area (Å²) in [7, 11) is 0.